The lowest BCUT2D eigenvalue weighted by molar-refractivity contribution is 0.0264. The summed E-state index contributed by atoms with van der Waals surface area (Å²) in [5.41, 5.74) is 1.49. The second kappa shape index (κ2) is 5.45. The van der Waals surface area contributed by atoms with Crippen LogP contribution in [0.25, 0.3) is 0 Å². The van der Waals surface area contributed by atoms with E-state index in [1.54, 1.807) is 0 Å². The van der Waals surface area contributed by atoms with Gasteiger partial charge in [0.25, 0.3) is 0 Å². The van der Waals surface area contributed by atoms with E-state index in [0.29, 0.717) is 5.92 Å². The number of benzene rings is 1. The van der Waals surface area contributed by atoms with E-state index in [-0.39, 0.29) is 5.60 Å². The van der Waals surface area contributed by atoms with Crippen LogP contribution >= 0.6 is 15.9 Å². The molecule has 3 heteroatoms. The maximum Gasteiger partial charge on any atom is 0.123 e. The van der Waals surface area contributed by atoms with Gasteiger partial charge in [0, 0.05) is 16.0 Å². The first-order chi connectivity index (χ1) is 9.25. The maximum atomic E-state index is 6.45. The zero-order chi connectivity index (χ0) is 13.3. The number of hydrogen-bond acceptors (Lipinski definition) is 2. The molecular formula is C16H22BrNO. The van der Waals surface area contributed by atoms with E-state index in [2.05, 4.69) is 39.4 Å². The maximum absolute atomic E-state index is 6.45. The summed E-state index contributed by atoms with van der Waals surface area (Å²) in [5.74, 6) is 1.67. The molecule has 0 bridgehead atoms. The van der Waals surface area contributed by atoms with Gasteiger partial charge in [0.15, 0.2) is 0 Å². The van der Waals surface area contributed by atoms with Crippen molar-refractivity contribution in [3.05, 3.63) is 28.2 Å². The highest BCUT2D eigenvalue weighted by atomic mass is 79.9. The van der Waals surface area contributed by atoms with E-state index in [1.807, 2.05) is 7.05 Å². The van der Waals surface area contributed by atoms with Gasteiger partial charge in [0.05, 0.1) is 0 Å². The molecule has 0 saturated heterocycles. The van der Waals surface area contributed by atoms with Crippen molar-refractivity contribution in [3.63, 3.8) is 0 Å². The van der Waals surface area contributed by atoms with E-state index in [0.717, 1.165) is 16.8 Å². The molecule has 1 aliphatic carbocycles. The fraction of sp³-hybridized carbons (Fsp3) is 0.625. The number of fused-ring (bicyclic) bond motifs is 1. The molecule has 104 valence electrons. The second-order valence-electron chi connectivity index (χ2n) is 5.85. The molecule has 0 amide bonds. The summed E-state index contributed by atoms with van der Waals surface area (Å²) >= 11 is 3.60. The smallest absolute Gasteiger partial charge is 0.123 e. The first-order valence-electron chi connectivity index (χ1n) is 7.38. The Labute approximate surface area is 124 Å². The summed E-state index contributed by atoms with van der Waals surface area (Å²) in [6, 6.07) is 6.49. The van der Waals surface area contributed by atoms with Crippen LogP contribution in [0, 0.1) is 0 Å². The molecule has 1 aromatic carbocycles. The zero-order valence-electron chi connectivity index (χ0n) is 11.5. The van der Waals surface area contributed by atoms with Crippen molar-refractivity contribution in [1.29, 1.82) is 0 Å². The van der Waals surface area contributed by atoms with Gasteiger partial charge >= 0.3 is 0 Å². The molecule has 2 aliphatic rings. The van der Waals surface area contributed by atoms with E-state index in [1.165, 1.54) is 44.1 Å². The summed E-state index contributed by atoms with van der Waals surface area (Å²) < 4.78 is 7.62. The summed E-state index contributed by atoms with van der Waals surface area (Å²) in [5, 5.41) is 3.29. The van der Waals surface area contributed by atoms with Gasteiger partial charge in [0.1, 0.15) is 11.4 Å². The third kappa shape index (κ3) is 2.43. The normalized spacial score (nSPS) is 24.2. The molecule has 1 aliphatic heterocycles. The molecule has 1 spiro atoms. The van der Waals surface area contributed by atoms with E-state index >= 15 is 0 Å². The molecule has 2 nitrogen and oxygen atoms in total. The third-order valence-corrected chi connectivity index (χ3v) is 5.17. The molecule has 1 atom stereocenters. The Hall–Kier alpha value is -0.540. The van der Waals surface area contributed by atoms with Gasteiger partial charge in [-0.25, -0.2) is 0 Å². The molecular weight excluding hydrogens is 302 g/mol. The lowest BCUT2D eigenvalue weighted by Gasteiger charge is -2.38. The van der Waals surface area contributed by atoms with Gasteiger partial charge in [-0.05, 0) is 63.9 Å². The van der Waals surface area contributed by atoms with E-state index in [4.69, 9.17) is 4.74 Å². The quantitative estimate of drug-likeness (QED) is 0.898. The predicted octanol–water partition coefficient (Wildman–Crippen LogP) is 4.24. The number of nitrogens with one attached hydrogen (secondary N) is 1. The minimum atomic E-state index is 0.0816. The first kappa shape index (κ1) is 13.4. The molecule has 1 N–H and O–H groups in total. The van der Waals surface area contributed by atoms with Crippen LogP contribution in [0.15, 0.2) is 22.7 Å². The lowest BCUT2D eigenvalue weighted by Crippen LogP contribution is -2.41. The SMILES string of the molecule is CNCCC1c2cc(Br)ccc2OC12CCCCC2. The van der Waals surface area contributed by atoms with E-state index in [9.17, 15) is 0 Å². The first-order valence-corrected chi connectivity index (χ1v) is 8.17. The summed E-state index contributed by atoms with van der Waals surface area (Å²) in [7, 11) is 2.03. The Morgan fingerprint density at radius 1 is 1.32 bits per heavy atom. The number of halogens is 1. The highest BCUT2D eigenvalue weighted by Gasteiger charge is 2.48. The predicted molar refractivity (Wildman–Crippen MR) is 81.9 cm³/mol. The average Bonchev–Trinajstić information content (AvgIpc) is 2.70. The van der Waals surface area contributed by atoms with Crippen LogP contribution in [0.1, 0.15) is 50.0 Å². The molecule has 1 heterocycles. The molecule has 19 heavy (non-hydrogen) atoms. The minimum absolute atomic E-state index is 0.0816. The molecule has 0 radical (unpaired) electrons. The van der Waals surface area contributed by atoms with Gasteiger partial charge in [-0.3, -0.25) is 0 Å². The Kier molecular flexibility index (Phi) is 3.86. The number of rotatable bonds is 3. The summed E-state index contributed by atoms with van der Waals surface area (Å²) in [4.78, 5) is 0. The summed E-state index contributed by atoms with van der Waals surface area (Å²) in [6.07, 6.45) is 7.58. The lowest BCUT2D eigenvalue weighted by atomic mass is 9.73. The van der Waals surface area contributed by atoms with Crippen LogP contribution in [-0.4, -0.2) is 19.2 Å². The van der Waals surface area contributed by atoms with Crippen molar-refractivity contribution in [2.24, 2.45) is 0 Å². The van der Waals surface area contributed by atoms with Crippen molar-refractivity contribution < 1.29 is 4.74 Å². The second-order valence-corrected chi connectivity index (χ2v) is 6.77. The Balaban J connectivity index is 1.94. The van der Waals surface area contributed by atoms with Crippen LogP contribution in [0.3, 0.4) is 0 Å². The highest BCUT2D eigenvalue weighted by Crippen LogP contribution is 2.53. The number of ether oxygens (including phenoxy) is 1. The fourth-order valence-electron chi connectivity index (χ4n) is 3.77. The van der Waals surface area contributed by atoms with Gasteiger partial charge < -0.3 is 10.1 Å². The van der Waals surface area contributed by atoms with Crippen LogP contribution in [0.2, 0.25) is 0 Å². The van der Waals surface area contributed by atoms with Crippen molar-refractivity contribution >= 4 is 15.9 Å². The standard InChI is InChI=1S/C16H22BrNO/c1-18-10-7-14-13-11-12(17)5-6-15(13)19-16(14)8-3-2-4-9-16/h5-6,11,14,18H,2-4,7-10H2,1H3. The molecule has 3 rings (SSSR count). The Bertz CT molecular complexity index is 454. The minimum Gasteiger partial charge on any atom is -0.486 e. The molecule has 1 fully saturated rings. The molecule has 1 aromatic rings. The van der Waals surface area contributed by atoms with Gasteiger partial charge in [-0.2, -0.15) is 0 Å². The van der Waals surface area contributed by atoms with Crippen molar-refractivity contribution in [3.8, 4) is 5.75 Å². The average molecular weight is 324 g/mol. The van der Waals surface area contributed by atoms with Crippen LogP contribution in [0.4, 0.5) is 0 Å². The Morgan fingerprint density at radius 2 is 2.11 bits per heavy atom. The van der Waals surface area contributed by atoms with Crippen molar-refractivity contribution in [2.45, 2.75) is 50.0 Å². The van der Waals surface area contributed by atoms with Gasteiger partial charge in [-0.15, -0.1) is 0 Å². The van der Waals surface area contributed by atoms with Crippen LogP contribution in [0.5, 0.6) is 5.75 Å². The molecule has 0 aromatic heterocycles. The zero-order valence-corrected chi connectivity index (χ0v) is 13.1. The van der Waals surface area contributed by atoms with E-state index < -0.39 is 0 Å². The Morgan fingerprint density at radius 3 is 2.84 bits per heavy atom. The largest absolute Gasteiger partial charge is 0.486 e. The molecule has 1 saturated carbocycles. The van der Waals surface area contributed by atoms with Crippen molar-refractivity contribution in [1.82, 2.24) is 5.32 Å². The monoisotopic (exact) mass is 323 g/mol. The summed E-state index contributed by atoms with van der Waals surface area (Å²) in [6.45, 7) is 1.06. The fourth-order valence-corrected chi connectivity index (χ4v) is 4.14. The third-order valence-electron chi connectivity index (χ3n) is 4.68. The highest BCUT2D eigenvalue weighted by molar-refractivity contribution is 9.10. The number of hydrogen-bond donors (Lipinski definition) is 1. The topological polar surface area (TPSA) is 21.3 Å². The van der Waals surface area contributed by atoms with Crippen LogP contribution < -0.4 is 10.1 Å². The van der Waals surface area contributed by atoms with Gasteiger partial charge in [-0.1, -0.05) is 22.4 Å². The molecule has 1 unspecified atom stereocenters. The van der Waals surface area contributed by atoms with Crippen LogP contribution in [-0.2, 0) is 0 Å². The van der Waals surface area contributed by atoms with Crippen molar-refractivity contribution in [2.75, 3.05) is 13.6 Å². The van der Waals surface area contributed by atoms with Gasteiger partial charge in [0.2, 0.25) is 0 Å².